The minimum Gasteiger partial charge on any atom is -0.490 e. The molecule has 120 valence electrons. The van der Waals surface area contributed by atoms with Crippen molar-refractivity contribution in [2.24, 2.45) is 0 Å². The molecule has 0 fully saturated rings. The molecule has 23 heavy (non-hydrogen) atoms. The number of hydrogen-bond acceptors (Lipinski definition) is 3. The van der Waals surface area contributed by atoms with Crippen molar-refractivity contribution >= 4 is 17.6 Å². The number of carbonyl (C=O) groups is 1. The van der Waals surface area contributed by atoms with E-state index in [1.165, 1.54) is 12.7 Å². The fourth-order valence-corrected chi connectivity index (χ4v) is 3.07. The molecule has 0 radical (unpaired) electrons. The van der Waals surface area contributed by atoms with Crippen molar-refractivity contribution in [3.05, 3.63) is 53.1 Å². The van der Waals surface area contributed by atoms with Crippen LogP contribution < -0.4 is 4.74 Å². The predicted molar refractivity (Wildman–Crippen MR) is 90.9 cm³/mol. The van der Waals surface area contributed by atoms with E-state index < -0.39 is 0 Å². The van der Waals surface area contributed by atoms with Gasteiger partial charge in [0.15, 0.2) is 0 Å². The number of fused-ring (bicyclic) bond motifs is 1. The molecule has 0 aromatic heterocycles. The maximum atomic E-state index is 11.2. The first-order valence-corrected chi connectivity index (χ1v) is 8.16. The minimum atomic E-state index is -0.185. The Morgan fingerprint density at radius 1 is 1.26 bits per heavy atom. The third-order valence-corrected chi connectivity index (χ3v) is 4.38. The Balaban J connectivity index is 1.72. The van der Waals surface area contributed by atoms with E-state index in [-0.39, 0.29) is 12.1 Å². The van der Waals surface area contributed by atoms with E-state index in [0.717, 1.165) is 34.7 Å². The molecule has 0 bridgehead atoms. The molecule has 0 N–H and O–H groups in total. The van der Waals surface area contributed by atoms with Crippen LogP contribution in [-0.2, 0) is 16.0 Å². The van der Waals surface area contributed by atoms with Gasteiger partial charge in [-0.3, -0.25) is 4.79 Å². The molecule has 1 atom stereocenters. The maximum Gasteiger partial charge on any atom is 0.305 e. The summed E-state index contributed by atoms with van der Waals surface area (Å²) in [5.74, 6) is 0.729. The molecule has 2 aromatic carbocycles. The Morgan fingerprint density at radius 2 is 2.09 bits per heavy atom. The zero-order valence-electron chi connectivity index (χ0n) is 13.0. The number of esters is 1. The van der Waals surface area contributed by atoms with Crippen LogP contribution in [0.25, 0.3) is 11.1 Å². The van der Waals surface area contributed by atoms with Gasteiger partial charge in [-0.1, -0.05) is 29.8 Å². The second kappa shape index (κ2) is 7.05. The molecule has 1 aliphatic rings. The number of benzene rings is 2. The molecule has 0 saturated carbocycles. The fraction of sp³-hybridized carbons (Fsp3) is 0.316. The van der Waals surface area contributed by atoms with Crippen molar-refractivity contribution in [1.82, 2.24) is 0 Å². The van der Waals surface area contributed by atoms with Gasteiger partial charge in [-0.15, -0.1) is 0 Å². The molecule has 1 aliphatic heterocycles. The van der Waals surface area contributed by atoms with E-state index >= 15 is 0 Å². The van der Waals surface area contributed by atoms with Crippen LogP contribution in [0.15, 0.2) is 42.5 Å². The summed E-state index contributed by atoms with van der Waals surface area (Å²) in [4.78, 5) is 11.2. The molecular formula is C19H19ClO3. The second-order valence-corrected chi connectivity index (χ2v) is 6.16. The Hall–Kier alpha value is -2.00. The third kappa shape index (κ3) is 3.85. The molecule has 2 aromatic rings. The van der Waals surface area contributed by atoms with Gasteiger partial charge in [0.25, 0.3) is 0 Å². The zero-order valence-corrected chi connectivity index (χ0v) is 13.8. The van der Waals surface area contributed by atoms with Crippen LogP contribution in [0, 0.1) is 0 Å². The maximum absolute atomic E-state index is 11.2. The van der Waals surface area contributed by atoms with Gasteiger partial charge >= 0.3 is 5.97 Å². The van der Waals surface area contributed by atoms with Crippen LogP contribution in [0.5, 0.6) is 5.75 Å². The lowest BCUT2D eigenvalue weighted by molar-refractivity contribution is -0.141. The average Bonchev–Trinajstić information content (AvgIpc) is 2.59. The molecule has 0 aliphatic carbocycles. The number of ether oxygens (including phenoxy) is 2. The topological polar surface area (TPSA) is 35.5 Å². The van der Waals surface area contributed by atoms with Gasteiger partial charge < -0.3 is 9.47 Å². The highest BCUT2D eigenvalue weighted by molar-refractivity contribution is 6.30. The summed E-state index contributed by atoms with van der Waals surface area (Å²) in [6, 6.07) is 14.1. The van der Waals surface area contributed by atoms with E-state index in [9.17, 15) is 4.79 Å². The third-order valence-electron chi connectivity index (χ3n) is 4.15. The predicted octanol–water partition coefficient (Wildman–Crippen LogP) is 4.65. The zero-order chi connectivity index (χ0) is 16.2. The number of carbonyl (C=O) groups excluding carboxylic acids is 1. The van der Waals surface area contributed by atoms with Crippen LogP contribution in [0.3, 0.4) is 0 Å². The molecule has 0 saturated heterocycles. The van der Waals surface area contributed by atoms with E-state index in [2.05, 4.69) is 16.9 Å². The number of methoxy groups -OCH3 is 1. The molecule has 3 nitrogen and oxygen atoms in total. The van der Waals surface area contributed by atoms with Crippen LogP contribution in [0.1, 0.15) is 24.8 Å². The summed E-state index contributed by atoms with van der Waals surface area (Å²) in [5.41, 5.74) is 3.45. The van der Waals surface area contributed by atoms with Crippen LogP contribution in [-0.4, -0.2) is 19.2 Å². The van der Waals surface area contributed by atoms with Crippen molar-refractivity contribution in [2.75, 3.05) is 7.11 Å². The summed E-state index contributed by atoms with van der Waals surface area (Å²) < 4.78 is 10.7. The van der Waals surface area contributed by atoms with Gasteiger partial charge in [0.05, 0.1) is 13.2 Å². The molecule has 1 heterocycles. The van der Waals surface area contributed by atoms with Crippen molar-refractivity contribution in [2.45, 2.75) is 31.8 Å². The molecule has 0 spiro atoms. The van der Waals surface area contributed by atoms with Gasteiger partial charge in [0, 0.05) is 11.4 Å². The van der Waals surface area contributed by atoms with Crippen molar-refractivity contribution < 1.29 is 14.3 Å². The number of halogens is 1. The summed E-state index contributed by atoms with van der Waals surface area (Å²) in [7, 11) is 1.41. The van der Waals surface area contributed by atoms with Crippen LogP contribution >= 0.6 is 11.6 Å². The SMILES string of the molecule is COC(=O)CC[C@H]1CCc2cc(-c3cccc(Cl)c3)ccc2O1. The number of aryl methyl sites for hydroxylation is 1. The number of hydrogen-bond donors (Lipinski definition) is 0. The van der Waals surface area contributed by atoms with Crippen LogP contribution in [0.4, 0.5) is 0 Å². The second-order valence-electron chi connectivity index (χ2n) is 5.73. The van der Waals surface area contributed by atoms with Gasteiger partial charge in [-0.05, 0) is 60.2 Å². The van der Waals surface area contributed by atoms with Gasteiger partial charge in [0.1, 0.15) is 5.75 Å². The van der Waals surface area contributed by atoms with E-state index in [0.29, 0.717) is 12.8 Å². The minimum absolute atomic E-state index is 0.0821. The monoisotopic (exact) mass is 330 g/mol. The smallest absolute Gasteiger partial charge is 0.305 e. The lowest BCUT2D eigenvalue weighted by atomic mass is 9.96. The summed E-state index contributed by atoms with van der Waals surface area (Å²) in [6.07, 6.45) is 3.05. The molecule has 4 heteroatoms. The molecular weight excluding hydrogens is 312 g/mol. The first kappa shape index (κ1) is 15.9. The summed E-state index contributed by atoms with van der Waals surface area (Å²) >= 11 is 6.07. The van der Waals surface area contributed by atoms with Crippen LogP contribution in [0.2, 0.25) is 5.02 Å². The Bertz CT molecular complexity index is 712. The molecule has 3 rings (SSSR count). The van der Waals surface area contributed by atoms with E-state index in [1.54, 1.807) is 0 Å². The first-order valence-electron chi connectivity index (χ1n) is 7.78. The normalized spacial score (nSPS) is 16.3. The largest absolute Gasteiger partial charge is 0.490 e. The quantitative estimate of drug-likeness (QED) is 0.765. The molecule has 0 unspecified atom stereocenters. The lowest BCUT2D eigenvalue weighted by Gasteiger charge is -2.26. The highest BCUT2D eigenvalue weighted by atomic mass is 35.5. The summed E-state index contributed by atoms with van der Waals surface area (Å²) in [6.45, 7) is 0. The van der Waals surface area contributed by atoms with Gasteiger partial charge in [-0.2, -0.15) is 0 Å². The average molecular weight is 331 g/mol. The Morgan fingerprint density at radius 3 is 2.87 bits per heavy atom. The highest BCUT2D eigenvalue weighted by Crippen LogP contribution is 2.33. The highest BCUT2D eigenvalue weighted by Gasteiger charge is 2.21. The van der Waals surface area contributed by atoms with E-state index in [4.69, 9.17) is 16.3 Å². The van der Waals surface area contributed by atoms with Crippen molar-refractivity contribution in [3.63, 3.8) is 0 Å². The summed E-state index contributed by atoms with van der Waals surface area (Å²) in [5, 5.41) is 0.736. The Kier molecular flexibility index (Phi) is 4.87. The first-order chi connectivity index (χ1) is 11.2. The standard InChI is InChI=1S/C19H19ClO3/c1-22-19(21)10-8-17-7-5-15-11-14(6-9-18(15)23-17)13-3-2-4-16(20)12-13/h2-4,6,9,11-12,17H,5,7-8,10H2,1H3/t17-/m1/s1. The molecule has 0 amide bonds. The fourth-order valence-electron chi connectivity index (χ4n) is 2.88. The van der Waals surface area contributed by atoms with Crippen molar-refractivity contribution in [1.29, 1.82) is 0 Å². The van der Waals surface area contributed by atoms with Gasteiger partial charge in [0.2, 0.25) is 0 Å². The lowest BCUT2D eigenvalue weighted by Crippen LogP contribution is -2.23. The van der Waals surface area contributed by atoms with Crippen molar-refractivity contribution in [3.8, 4) is 16.9 Å². The number of rotatable bonds is 4. The Labute approximate surface area is 141 Å². The van der Waals surface area contributed by atoms with E-state index in [1.807, 2.05) is 30.3 Å². The van der Waals surface area contributed by atoms with Gasteiger partial charge in [-0.25, -0.2) is 0 Å².